The van der Waals surface area contributed by atoms with Crippen molar-refractivity contribution in [3.63, 3.8) is 0 Å². The van der Waals surface area contributed by atoms with E-state index < -0.39 is 0 Å². The van der Waals surface area contributed by atoms with Crippen LogP contribution in [0.4, 0.5) is 0 Å². The summed E-state index contributed by atoms with van der Waals surface area (Å²) in [5.41, 5.74) is 1.62. The number of nitrogens with one attached hydrogen (secondary N) is 1. The predicted molar refractivity (Wildman–Crippen MR) is 67.7 cm³/mol. The summed E-state index contributed by atoms with van der Waals surface area (Å²) in [6.07, 6.45) is 5.29. The van der Waals surface area contributed by atoms with E-state index in [2.05, 4.69) is 10.1 Å². The standard InChI is InChI=1S/C13H12N4O/c18-13-8-11(9-16-7-6-14-10-16)15-17(13)12-4-2-1-3-5-12/h1-8,10,15H,9H2. The first kappa shape index (κ1) is 10.6. The summed E-state index contributed by atoms with van der Waals surface area (Å²) in [6, 6.07) is 11.1. The topological polar surface area (TPSA) is 55.6 Å². The molecule has 0 aliphatic heterocycles. The third kappa shape index (κ3) is 1.98. The monoisotopic (exact) mass is 240 g/mol. The fourth-order valence-corrected chi connectivity index (χ4v) is 1.87. The van der Waals surface area contributed by atoms with Gasteiger partial charge in [-0.1, -0.05) is 18.2 Å². The molecule has 1 aromatic carbocycles. The van der Waals surface area contributed by atoms with E-state index in [9.17, 15) is 4.79 Å². The zero-order chi connectivity index (χ0) is 12.4. The summed E-state index contributed by atoms with van der Waals surface area (Å²) >= 11 is 0. The highest BCUT2D eigenvalue weighted by Gasteiger charge is 2.04. The molecule has 0 aliphatic rings. The van der Waals surface area contributed by atoms with Gasteiger partial charge in [0.05, 0.1) is 24.3 Å². The van der Waals surface area contributed by atoms with E-state index in [-0.39, 0.29) is 5.56 Å². The Morgan fingerprint density at radius 1 is 1.22 bits per heavy atom. The van der Waals surface area contributed by atoms with Gasteiger partial charge in [-0.05, 0) is 12.1 Å². The lowest BCUT2D eigenvalue weighted by atomic mass is 10.3. The van der Waals surface area contributed by atoms with Crippen molar-refractivity contribution >= 4 is 0 Å². The average molecular weight is 240 g/mol. The van der Waals surface area contributed by atoms with Crippen LogP contribution in [-0.4, -0.2) is 19.3 Å². The second kappa shape index (κ2) is 4.37. The third-order valence-corrected chi connectivity index (χ3v) is 2.70. The van der Waals surface area contributed by atoms with Gasteiger partial charge in [-0.25, -0.2) is 9.67 Å². The maximum atomic E-state index is 11.9. The molecule has 3 rings (SSSR count). The maximum absolute atomic E-state index is 11.9. The first-order chi connectivity index (χ1) is 8.83. The fraction of sp³-hybridized carbons (Fsp3) is 0.0769. The lowest BCUT2D eigenvalue weighted by Crippen LogP contribution is -2.13. The Bertz CT molecular complexity index is 679. The van der Waals surface area contributed by atoms with Gasteiger partial charge in [-0.15, -0.1) is 0 Å². The Morgan fingerprint density at radius 3 is 2.78 bits per heavy atom. The van der Waals surface area contributed by atoms with Gasteiger partial charge < -0.3 is 4.57 Å². The molecule has 2 aromatic heterocycles. The molecule has 3 aromatic rings. The molecular weight excluding hydrogens is 228 g/mol. The second-order valence-electron chi connectivity index (χ2n) is 4.03. The van der Waals surface area contributed by atoms with Crippen LogP contribution in [0, 0.1) is 0 Å². The van der Waals surface area contributed by atoms with Crippen LogP contribution in [0.15, 0.2) is 59.9 Å². The molecule has 0 atom stereocenters. The molecular formula is C13H12N4O. The number of hydrogen-bond acceptors (Lipinski definition) is 2. The summed E-state index contributed by atoms with van der Waals surface area (Å²) in [4.78, 5) is 15.8. The molecule has 0 saturated heterocycles. The molecule has 0 amide bonds. The number of para-hydroxylation sites is 1. The van der Waals surface area contributed by atoms with Gasteiger partial charge in [0.2, 0.25) is 0 Å². The predicted octanol–water partition coefficient (Wildman–Crippen LogP) is 1.41. The number of aromatic nitrogens is 4. The summed E-state index contributed by atoms with van der Waals surface area (Å²) < 4.78 is 3.44. The van der Waals surface area contributed by atoms with Crippen molar-refractivity contribution in [1.29, 1.82) is 0 Å². The first-order valence-electron chi connectivity index (χ1n) is 5.65. The summed E-state index contributed by atoms with van der Waals surface area (Å²) in [7, 11) is 0. The Kier molecular flexibility index (Phi) is 2.57. The molecule has 0 radical (unpaired) electrons. The number of H-pyrrole nitrogens is 1. The molecule has 1 N–H and O–H groups in total. The number of imidazole rings is 1. The SMILES string of the molecule is O=c1cc(Cn2ccnc2)[nH]n1-c1ccccc1. The van der Waals surface area contributed by atoms with E-state index in [0.29, 0.717) is 6.54 Å². The van der Waals surface area contributed by atoms with Crippen molar-refractivity contribution in [2.24, 2.45) is 0 Å². The summed E-state index contributed by atoms with van der Waals surface area (Å²) in [6.45, 7) is 0.606. The Hall–Kier alpha value is -2.56. The number of rotatable bonds is 3. The van der Waals surface area contributed by atoms with Crippen molar-refractivity contribution in [2.45, 2.75) is 6.54 Å². The fourth-order valence-electron chi connectivity index (χ4n) is 1.87. The molecule has 0 saturated carbocycles. The van der Waals surface area contributed by atoms with Crippen LogP contribution < -0.4 is 5.56 Å². The third-order valence-electron chi connectivity index (χ3n) is 2.70. The molecule has 2 heterocycles. The van der Waals surface area contributed by atoms with Crippen molar-refractivity contribution in [3.8, 4) is 5.69 Å². The van der Waals surface area contributed by atoms with Crippen LogP contribution in [0.2, 0.25) is 0 Å². The minimum absolute atomic E-state index is 0.0590. The van der Waals surface area contributed by atoms with E-state index in [0.717, 1.165) is 11.4 Å². The molecule has 90 valence electrons. The smallest absolute Gasteiger partial charge is 0.271 e. The maximum Gasteiger partial charge on any atom is 0.271 e. The van der Waals surface area contributed by atoms with E-state index >= 15 is 0 Å². The Morgan fingerprint density at radius 2 is 2.06 bits per heavy atom. The minimum atomic E-state index is -0.0590. The van der Waals surface area contributed by atoms with Crippen molar-refractivity contribution in [2.75, 3.05) is 0 Å². The quantitative estimate of drug-likeness (QED) is 0.752. The number of aromatic amines is 1. The molecule has 18 heavy (non-hydrogen) atoms. The second-order valence-corrected chi connectivity index (χ2v) is 4.03. The van der Waals surface area contributed by atoms with E-state index in [1.54, 1.807) is 18.6 Å². The van der Waals surface area contributed by atoms with Gasteiger partial charge in [0, 0.05) is 18.5 Å². The largest absolute Gasteiger partial charge is 0.332 e. The van der Waals surface area contributed by atoms with Crippen LogP contribution >= 0.6 is 0 Å². The van der Waals surface area contributed by atoms with Gasteiger partial charge >= 0.3 is 0 Å². The van der Waals surface area contributed by atoms with Crippen molar-refractivity contribution in [3.05, 3.63) is 71.2 Å². The van der Waals surface area contributed by atoms with Gasteiger partial charge in [0.1, 0.15) is 0 Å². The molecule has 0 aliphatic carbocycles. The minimum Gasteiger partial charge on any atom is -0.332 e. The van der Waals surface area contributed by atoms with Gasteiger partial charge in [-0.2, -0.15) is 0 Å². The van der Waals surface area contributed by atoms with Crippen LogP contribution in [-0.2, 0) is 6.54 Å². The van der Waals surface area contributed by atoms with Gasteiger partial charge in [0.25, 0.3) is 5.56 Å². The average Bonchev–Trinajstić information content (AvgIpc) is 3.01. The van der Waals surface area contributed by atoms with Crippen molar-refractivity contribution in [1.82, 2.24) is 19.3 Å². The van der Waals surface area contributed by atoms with Crippen LogP contribution in [0.1, 0.15) is 5.69 Å². The molecule has 5 heteroatoms. The lowest BCUT2D eigenvalue weighted by Gasteiger charge is -2.02. The number of nitrogens with zero attached hydrogens (tertiary/aromatic N) is 3. The number of hydrogen-bond donors (Lipinski definition) is 1. The van der Waals surface area contributed by atoms with Crippen molar-refractivity contribution < 1.29 is 0 Å². The van der Waals surface area contributed by atoms with Crippen LogP contribution in [0.25, 0.3) is 5.69 Å². The van der Waals surface area contributed by atoms with Gasteiger partial charge in [-0.3, -0.25) is 9.89 Å². The highest BCUT2D eigenvalue weighted by atomic mass is 16.1. The van der Waals surface area contributed by atoms with E-state index in [1.165, 1.54) is 4.68 Å². The highest BCUT2D eigenvalue weighted by Crippen LogP contribution is 2.04. The molecule has 0 unspecified atom stereocenters. The molecule has 0 bridgehead atoms. The van der Waals surface area contributed by atoms with E-state index in [4.69, 9.17) is 0 Å². The first-order valence-corrected chi connectivity index (χ1v) is 5.65. The Balaban J connectivity index is 1.94. The molecule has 5 nitrogen and oxygen atoms in total. The number of benzene rings is 1. The lowest BCUT2D eigenvalue weighted by molar-refractivity contribution is 0.740. The summed E-state index contributed by atoms with van der Waals surface area (Å²) in [5, 5.41) is 3.09. The van der Waals surface area contributed by atoms with Gasteiger partial charge in [0.15, 0.2) is 0 Å². The molecule has 0 spiro atoms. The zero-order valence-electron chi connectivity index (χ0n) is 9.65. The normalized spacial score (nSPS) is 10.7. The Labute approximate surface area is 103 Å². The zero-order valence-corrected chi connectivity index (χ0v) is 9.65. The summed E-state index contributed by atoms with van der Waals surface area (Å²) in [5.74, 6) is 0. The van der Waals surface area contributed by atoms with E-state index in [1.807, 2.05) is 41.1 Å². The van der Waals surface area contributed by atoms with Crippen LogP contribution in [0.3, 0.4) is 0 Å². The van der Waals surface area contributed by atoms with Crippen LogP contribution in [0.5, 0.6) is 0 Å². The highest BCUT2D eigenvalue weighted by molar-refractivity contribution is 5.30. The molecule has 0 fully saturated rings.